The van der Waals surface area contributed by atoms with Crippen LogP contribution in [0.25, 0.3) is 5.76 Å². The molecule has 2 aromatic carbocycles. The Morgan fingerprint density at radius 3 is 2.47 bits per heavy atom. The van der Waals surface area contributed by atoms with Crippen molar-refractivity contribution in [3.05, 3.63) is 94.8 Å². The van der Waals surface area contributed by atoms with Gasteiger partial charge < -0.3 is 9.84 Å². The molecule has 0 saturated carbocycles. The van der Waals surface area contributed by atoms with Gasteiger partial charge in [-0.15, -0.1) is 0 Å². The molecule has 0 aliphatic carbocycles. The summed E-state index contributed by atoms with van der Waals surface area (Å²) >= 11 is 0. The number of hydrogen-bond donors (Lipinski definition) is 1. The van der Waals surface area contributed by atoms with Crippen LogP contribution in [0.3, 0.4) is 0 Å². The van der Waals surface area contributed by atoms with Gasteiger partial charge in [-0.2, -0.15) is 0 Å². The molecule has 1 amide bonds. The van der Waals surface area contributed by atoms with Gasteiger partial charge in [-0.1, -0.05) is 32.0 Å². The van der Waals surface area contributed by atoms with Gasteiger partial charge in [0.25, 0.3) is 11.7 Å². The third-order valence-electron chi connectivity index (χ3n) is 5.78. The first kappa shape index (κ1) is 23.2. The molecule has 1 aromatic heterocycles. The van der Waals surface area contributed by atoms with E-state index in [1.807, 2.05) is 32.0 Å². The second-order valence-corrected chi connectivity index (χ2v) is 8.97. The molecule has 1 aliphatic rings. The first-order valence-electron chi connectivity index (χ1n) is 11.3. The Bertz CT molecular complexity index is 1250. The third-order valence-corrected chi connectivity index (χ3v) is 5.78. The van der Waals surface area contributed by atoms with Crippen molar-refractivity contribution < 1.29 is 19.4 Å². The van der Waals surface area contributed by atoms with Crippen molar-refractivity contribution in [2.45, 2.75) is 33.7 Å². The molecule has 6 heteroatoms. The van der Waals surface area contributed by atoms with Crippen molar-refractivity contribution >= 4 is 23.1 Å². The van der Waals surface area contributed by atoms with Crippen LogP contribution in [0.1, 0.15) is 42.1 Å². The summed E-state index contributed by atoms with van der Waals surface area (Å²) in [6.45, 7) is 8.53. The Morgan fingerprint density at radius 1 is 1.09 bits per heavy atom. The molecular weight excluding hydrogens is 428 g/mol. The smallest absolute Gasteiger partial charge is 0.300 e. The number of anilines is 1. The van der Waals surface area contributed by atoms with E-state index in [9.17, 15) is 14.7 Å². The maximum atomic E-state index is 13.3. The predicted molar refractivity (Wildman–Crippen MR) is 132 cm³/mol. The van der Waals surface area contributed by atoms with Crippen molar-refractivity contribution in [1.29, 1.82) is 0 Å². The van der Waals surface area contributed by atoms with Crippen LogP contribution in [-0.2, 0) is 9.59 Å². The van der Waals surface area contributed by atoms with E-state index in [0.29, 0.717) is 35.1 Å². The van der Waals surface area contributed by atoms with Gasteiger partial charge in [-0.25, -0.2) is 0 Å². The van der Waals surface area contributed by atoms with E-state index in [1.165, 1.54) is 4.90 Å². The van der Waals surface area contributed by atoms with Crippen molar-refractivity contribution in [1.82, 2.24) is 4.98 Å². The highest BCUT2D eigenvalue weighted by Gasteiger charge is 2.47. The molecule has 0 radical (unpaired) electrons. The zero-order chi connectivity index (χ0) is 24.4. The fourth-order valence-corrected chi connectivity index (χ4v) is 4.04. The molecule has 1 atom stereocenters. The first-order valence-corrected chi connectivity index (χ1v) is 11.3. The average molecular weight is 457 g/mol. The summed E-state index contributed by atoms with van der Waals surface area (Å²) in [4.78, 5) is 32.2. The molecular formula is C28H28N2O4. The number of amides is 1. The lowest BCUT2D eigenvalue weighted by Gasteiger charge is -2.27. The number of aliphatic hydroxyl groups excluding tert-OH is 1. The molecule has 2 heterocycles. The van der Waals surface area contributed by atoms with Gasteiger partial charge in [-0.05, 0) is 72.9 Å². The third kappa shape index (κ3) is 4.44. The Kier molecular flexibility index (Phi) is 6.50. The van der Waals surface area contributed by atoms with Gasteiger partial charge in [0.15, 0.2) is 0 Å². The lowest BCUT2D eigenvalue weighted by atomic mass is 9.96. The standard InChI is InChI=1S/C28H28N2O4/c1-17(2)16-34-22-11-9-20(10-12-22)26(31)24-25(21-6-5-13-29-15-21)30(28(33)27(24)32)23-14-18(3)7-8-19(23)4/h5-15,17,25,31H,16H2,1-4H3/b26-24+. The highest BCUT2D eigenvalue weighted by Crippen LogP contribution is 2.43. The molecule has 0 spiro atoms. The quantitative estimate of drug-likeness (QED) is 0.307. The van der Waals surface area contributed by atoms with Crippen molar-refractivity contribution in [3.63, 3.8) is 0 Å². The van der Waals surface area contributed by atoms with Crippen LogP contribution in [0.2, 0.25) is 0 Å². The van der Waals surface area contributed by atoms with Crippen LogP contribution in [0.4, 0.5) is 5.69 Å². The number of aromatic nitrogens is 1. The number of nitrogens with zero attached hydrogens (tertiary/aromatic N) is 2. The summed E-state index contributed by atoms with van der Waals surface area (Å²) in [6.07, 6.45) is 3.24. The molecule has 1 fully saturated rings. The first-order chi connectivity index (χ1) is 16.3. The molecule has 174 valence electrons. The van der Waals surface area contributed by atoms with Crippen LogP contribution >= 0.6 is 0 Å². The second-order valence-electron chi connectivity index (χ2n) is 8.97. The molecule has 3 aromatic rings. The highest BCUT2D eigenvalue weighted by atomic mass is 16.5. The fourth-order valence-electron chi connectivity index (χ4n) is 4.04. The molecule has 1 aliphatic heterocycles. The van der Waals surface area contributed by atoms with Gasteiger partial charge in [0, 0.05) is 23.6 Å². The summed E-state index contributed by atoms with van der Waals surface area (Å²) in [5, 5.41) is 11.3. The average Bonchev–Trinajstić information content (AvgIpc) is 3.10. The van der Waals surface area contributed by atoms with E-state index >= 15 is 0 Å². The maximum Gasteiger partial charge on any atom is 0.300 e. The summed E-state index contributed by atoms with van der Waals surface area (Å²) < 4.78 is 5.72. The number of aliphatic hydroxyl groups is 1. The lowest BCUT2D eigenvalue weighted by Crippen LogP contribution is -2.30. The number of carbonyl (C=O) groups is 2. The summed E-state index contributed by atoms with van der Waals surface area (Å²) in [7, 11) is 0. The molecule has 0 bridgehead atoms. The summed E-state index contributed by atoms with van der Waals surface area (Å²) in [5.41, 5.74) is 3.56. The van der Waals surface area contributed by atoms with E-state index in [0.717, 1.165) is 11.1 Å². The SMILES string of the molecule is Cc1ccc(C)c(N2C(=O)C(=O)/C(=C(/O)c3ccc(OCC(C)C)cc3)C2c2cccnc2)c1. The van der Waals surface area contributed by atoms with E-state index in [2.05, 4.69) is 18.8 Å². The zero-order valence-corrected chi connectivity index (χ0v) is 19.8. The predicted octanol–water partition coefficient (Wildman–Crippen LogP) is 5.36. The number of benzene rings is 2. The van der Waals surface area contributed by atoms with Crippen molar-refractivity contribution in [2.24, 2.45) is 5.92 Å². The van der Waals surface area contributed by atoms with Crippen molar-refractivity contribution in [3.8, 4) is 5.75 Å². The Labute approximate surface area is 199 Å². The number of ketones is 1. The van der Waals surface area contributed by atoms with Crippen LogP contribution < -0.4 is 9.64 Å². The Morgan fingerprint density at radius 2 is 1.82 bits per heavy atom. The topological polar surface area (TPSA) is 79.7 Å². The molecule has 1 unspecified atom stereocenters. The lowest BCUT2D eigenvalue weighted by molar-refractivity contribution is -0.132. The number of Topliss-reactive ketones (excluding diaryl/α,β-unsaturated/α-hetero) is 1. The molecule has 6 nitrogen and oxygen atoms in total. The minimum Gasteiger partial charge on any atom is -0.507 e. The van der Waals surface area contributed by atoms with Crippen LogP contribution in [-0.4, -0.2) is 28.4 Å². The number of hydrogen-bond acceptors (Lipinski definition) is 5. The van der Waals surface area contributed by atoms with Crippen molar-refractivity contribution in [2.75, 3.05) is 11.5 Å². The molecule has 1 saturated heterocycles. The highest BCUT2D eigenvalue weighted by molar-refractivity contribution is 6.51. The van der Waals surface area contributed by atoms with Gasteiger partial charge in [0.2, 0.25) is 0 Å². The normalized spacial score (nSPS) is 17.4. The number of ether oxygens (including phenoxy) is 1. The zero-order valence-electron chi connectivity index (χ0n) is 19.8. The van der Waals surface area contributed by atoms with Crippen LogP contribution in [0.15, 0.2) is 72.6 Å². The van der Waals surface area contributed by atoms with E-state index < -0.39 is 17.7 Å². The van der Waals surface area contributed by atoms with Gasteiger partial charge >= 0.3 is 0 Å². The minimum absolute atomic E-state index is 0.0368. The van der Waals surface area contributed by atoms with Gasteiger partial charge in [0.05, 0.1) is 18.2 Å². The molecule has 34 heavy (non-hydrogen) atoms. The molecule has 1 N–H and O–H groups in total. The summed E-state index contributed by atoms with van der Waals surface area (Å²) in [6, 6.07) is 15.4. The van der Waals surface area contributed by atoms with Crippen LogP contribution in [0.5, 0.6) is 5.75 Å². The number of rotatable bonds is 6. The van der Waals surface area contributed by atoms with Gasteiger partial charge in [0.1, 0.15) is 11.5 Å². The van der Waals surface area contributed by atoms with E-state index in [1.54, 1.807) is 48.8 Å². The van der Waals surface area contributed by atoms with Gasteiger partial charge in [-0.3, -0.25) is 19.5 Å². The van der Waals surface area contributed by atoms with Crippen LogP contribution in [0, 0.1) is 19.8 Å². The second kappa shape index (κ2) is 9.51. The number of carbonyl (C=O) groups excluding carboxylic acids is 2. The van der Waals surface area contributed by atoms with E-state index in [4.69, 9.17) is 4.74 Å². The maximum absolute atomic E-state index is 13.3. The molecule has 4 rings (SSSR count). The number of pyridine rings is 1. The van der Waals surface area contributed by atoms with E-state index in [-0.39, 0.29) is 11.3 Å². The Hall–Kier alpha value is -3.93. The summed E-state index contributed by atoms with van der Waals surface area (Å²) in [5.74, 6) is -0.581. The Balaban J connectivity index is 1.83. The largest absolute Gasteiger partial charge is 0.507 e. The monoisotopic (exact) mass is 456 g/mol. The minimum atomic E-state index is -0.800. The number of aryl methyl sites for hydroxylation is 2. The fraction of sp³-hybridized carbons (Fsp3) is 0.250.